The predicted molar refractivity (Wildman–Crippen MR) is 68.8 cm³/mol. The summed E-state index contributed by atoms with van der Waals surface area (Å²) in [5, 5.41) is 5.83. The molecule has 0 amide bonds. The second kappa shape index (κ2) is 3.66. The summed E-state index contributed by atoms with van der Waals surface area (Å²) < 4.78 is 0. The molecule has 0 spiro atoms. The number of aliphatic imine (C=N–C) groups is 1. The topological polar surface area (TPSA) is 24.4 Å². The van der Waals surface area contributed by atoms with E-state index in [0.717, 1.165) is 35.6 Å². The highest BCUT2D eigenvalue weighted by atomic mass is 32.2. The molecule has 1 N–H and O–H groups in total. The molecule has 2 bridgehead atoms. The van der Waals surface area contributed by atoms with Crippen molar-refractivity contribution in [3.05, 3.63) is 0 Å². The summed E-state index contributed by atoms with van der Waals surface area (Å²) in [4.78, 5) is 4.69. The zero-order chi connectivity index (χ0) is 10.5. The van der Waals surface area contributed by atoms with Crippen molar-refractivity contribution < 1.29 is 0 Å². The summed E-state index contributed by atoms with van der Waals surface area (Å²) >= 11 is 2.03. The summed E-state index contributed by atoms with van der Waals surface area (Å²) in [5.74, 6) is 3.00. The first-order valence-corrected chi connectivity index (χ1v) is 7.74. The van der Waals surface area contributed by atoms with Gasteiger partial charge in [0.05, 0.1) is 6.54 Å². The van der Waals surface area contributed by atoms with Crippen molar-refractivity contribution in [3.63, 3.8) is 0 Å². The molecule has 4 rings (SSSR count). The Balaban J connectivity index is 1.34. The standard InChI is InChI=1S/C13H20N2S/c1-2-10-5-8(1)6-11(10)15-13-14-7-12(16-13)9-3-4-9/h8-12H,1-7H2,(H,14,15). The molecule has 4 unspecified atom stereocenters. The summed E-state index contributed by atoms with van der Waals surface area (Å²) in [6.45, 7) is 1.08. The first kappa shape index (κ1) is 9.81. The van der Waals surface area contributed by atoms with Crippen LogP contribution in [0.25, 0.3) is 0 Å². The number of rotatable bonds is 2. The van der Waals surface area contributed by atoms with Gasteiger partial charge < -0.3 is 5.32 Å². The fourth-order valence-corrected chi connectivity index (χ4v) is 5.03. The van der Waals surface area contributed by atoms with E-state index in [-0.39, 0.29) is 0 Å². The maximum Gasteiger partial charge on any atom is 0.157 e. The number of hydrogen-bond donors (Lipinski definition) is 1. The number of nitrogens with zero attached hydrogens (tertiary/aromatic N) is 1. The van der Waals surface area contributed by atoms with Gasteiger partial charge in [0.15, 0.2) is 5.17 Å². The SMILES string of the molecule is C1CC2CC1CC2NC1=NCC(C2CC2)S1. The molecule has 88 valence electrons. The van der Waals surface area contributed by atoms with Crippen molar-refractivity contribution in [2.45, 2.75) is 49.8 Å². The molecular formula is C13H20N2S. The highest BCUT2D eigenvalue weighted by molar-refractivity contribution is 8.14. The van der Waals surface area contributed by atoms with Crippen LogP contribution >= 0.6 is 11.8 Å². The largest absolute Gasteiger partial charge is 0.362 e. The average molecular weight is 236 g/mol. The van der Waals surface area contributed by atoms with E-state index in [2.05, 4.69) is 5.32 Å². The van der Waals surface area contributed by atoms with E-state index < -0.39 is 0 Å². The molecule has 3 fully saturated rings. The minimum atomic E-state index is 0.767. The maximum absolute atomic E-state index is 4.69. The zero-order valence-electron chi connectivity index (χ0n) is 9.69. The Labute approximate surface area is 102 Å². The molecule has 3 saturated carbocycles. The molecule has 1 aliphatic heterocycles. The van der Waals surface area contributed by atoms with Crippen LogP contribution < -0.4 is 5.32 Å². The molecule has 0 aromatic rings. The van der Waals surface area contributed by atoms with Crippen LogP contribution in [0.5, 0.6) is 0 Å². The number of thioether (sulfide) groups is 1. The fraction of sp³-hybridized carbons (Fsp3) is 0.923. The van der Waals surface area contributed by atoms with Gasteiger partial charge in [-0.05, 0) is 49.9 Å². The molecule has 0 aromatic heterocycles. The lowest BCUT2D eigenvalue weighted by atomic mass is 9.96. The maximum atomic E-state index is 4.69. The van der Waals surface area contributed by atoms with Crippen molar-refractivity contribution >= 4 is 16.9 Å². The molecule has 4 atom stereocenters. The Kier molecular flexibility index (Phi) is 2.24. The van der Waals surface area contributed by atoms with Crippen molar-refractivity contribution in [1.82, 2.24) is 5.32 Å². The second-order valence-corrected chi connectivity index (χ2v) is 7.29. The van der Waals surface area contributed by atoms with Crippen molar-refractivity contribution in [3.8, 4) is 0 Å². The Morgan fingerprint density at radius 3 is 2.62 bits per heavy atom. The lowest BCUT2D eigenvalue weighted by Gasteiger charge is -2.23. The van der Waals surface area contributed by atoms with Gasteiger partial charge in [0.2, 0.25) is 0 Å². The van der Waals surface area contributed by atoms with E-state index in [1.165, 1.54) is 43.7 Å². The number of fused-ring (bicyclic) bond motifs is 2. The van der Waals surface area contributed by atoms with E-state index in [1.54, 1.807) is 0 Å². The first-order chi connectivity index (χ1) is 7.88. The quantitative estimate of drug-likeness (QED) is 0.797. The van der Waals surface area contributed by atoms with Gasteiger partial charge in [-0.3, -0.25) is 4.99 Å². The van der Waals surface area contributed by atoms with Crippen molar-refractivity contribution in [1.29, 1.82) is 0 Å². The Morgan fingerprint density at radius 1 is 1.06 bits per heavy atom. The van der Waals surface area contributed by atoms with Gasteiger partial charge in [-0.25, -0.2) is 0 Å². The van der Waals surface area contributed by atoms with Gasteiger partial charge in [-0.15, -0.1) is 0 Å². The van der Waals surface area contributed by atoms with Gasteiger partial charge in [0.25, 0.3) is 0 Å². The Bertz CT molecular complexity index is 324. The summed E-state index contributed by atoms with van der Waals surface area (Å²) in [7, 11) is 0. The van der Waals surface area contributed by atoms with Crippen LogP contribution in [0.3, 0.4) is 0 Å². The number of hydrogen-bond acceptors (Lipinski definition) is 3. The third kappa shape index (κ3) is 1.68. The van der Waals surface area contributed by atoms with Crippen LogP contribution in [-0.4, -0.2) is 23.0 Å². The van der Waals surface area contributed by atoms with Crippen LogP contribution in [0.4, 0.5) is 0 Å². The molecule has 4 aliphatic rings. The normalized spacial score (nSPS) is 46.1. The molecule has 3 heteroatoms. The molecule has 0 aromatic carbocycles. The van der Waals surface area contributed by atoms with E-state index in [0.29, 0.717) is 0 Å². The van der Waals surface area contributed by atoms with Crippen LogP contribution in [0.15, 0.2) is 4.99 Å². The van der Waals surface area contributed by atoms with Gasteiger partial charge >= 0.3 is 0 Å². The molecule has 0 radical (unpaired) electrons. The molecule has 2 nitrogen and oxygen atoms in total. The van der Waals surface area contributed by atoms with Gasteiger partial charge in [0, 0.05) is 11.3 Å². The average Bonchev–Trinajstić information content (AvgIpc) is 2.76. The molecule has 16 heavy (non-hydrogen) atoms. The van der Waals surface area contributed by atoms with Crippen LogP contribution in [0.1, 0.15) is 38.5 Å². The van der Waals surface area contributed by atoms with E-state index in [1.807, 2.05) is 11.8 Å². The van der Waals surface area contributed by atoms with Crippen LogP contribution in [-0.2, 0) is 0 Å². The minimum Gasteiger partial charge on any atom is -0.362 e. The third-order valence-corrected chi connectivity index (χ3v) is 6.18. The first-order valence-electron chi connectivity index (χ1n) is 6.86. The molecule has 3 aliphatic carbocycles. The Hall–Kier alpha value is -0.180. The Morgan fingerprint density at radius 2 is 1.94 bits per heavy atom. The third-order valence-electron chi connectivity index (χ3n) is 4.87. The van der Waals surface area contributed by atoms with Gasteiger partial charge in [-0.2, -0.15) is 0 Å². The van der Waals surface area contributed by atoms with Gasteiger partial charge in [0.1, 0.15) is 0 Å². The fourth-order valence-electron chi connectivity index (χ4n) is 3.76. The lowest BCUT2D eigenvalue weighted by Crippen LogP contribution is -2.36. The van der Waals surface area contributed by atoms with E-state index in [9.17, 15) is 0 Å². The number of nitrogens with one attached hydrogen (secondary N) is 1. The highest BCUT2D eigenvalue weighted by Gasteiger charge is 2.41. The summed E-state index contributed by atoms with van der Waals surface area (Å²) in [5.41, 5.74) is 0. The second-order valence-electron chi connectivity index (χ2n) is 6.07. The van der Waals surface area contributed by atoms with Crippen molar-refractivity contribution in [2.75, 3.05) is 6.54 Å². The van der Waals surface area contributed by atoms with E-state index in [4.69, 9.17) is 4.99 Å². The number of amidine groups is 1. The van der Waals surface area contributed by atoms with Crippen LogP contribution in [0, 0.1) is 17.8 Å². The summed E-state index contributed by atoms with van der Waals surface area (Å²) in [6.07, 6.45) is 8.77. The molecule has 1 heterocycles. The monoisotopic (exact) mass is 236 g/mol. The zero-order valence-corrected chi connectivity index (χ0v) is 10.5. The van der Waals surface area contributed by atoms with E-state index >= 15 is 0 Å². The smallest absolute Gasteiger partial charge is 0.157 e. The minimum absolute atomic E-state index is 0.767. The van der Waals surface area contributed by atoms with Gasteiger partial charge in [-0.1, -0.05) is 18.2 Å². The molecule has 0 saturated heterocycles. The summed E-state index contributed by atoms with van der Waals surface area (Å²) in [6, 6.07) is 0.767. The van der Waals surface area contributed by atoms with Crippen molar-refractivity contribution in [2.24, 2.45) is 22.7 Å². The van der Waals surface area contributed by atoms with Crippen LogP contribution in [0.2, 0.25) is 0 Å². The highest BCUT2D eigenvalue weighted by Crippen LogP contribution is 2.46. The lowest BCUT2D eigenvalue weighted by molar-refractivity contribution is 0.392. The predicted octanol–water partition coefficient (Wildman–Crippen LogP) is 2.65. The molecular weight excluding hydrogens is 216 g/mol.